The Balaban J connectivity index is 2.06. The maximum atomic E-state index is 13.6. The molecule has 0 aromatic carbocycles. The maximum Gasteiger partial charge on any atom is 0.326 e. The number of carbonyl (C=O) groups excluding carboxylic acids is 9. The van der Waals surface area contributed by atoms with Gasteiger partial charge in [0, 0.05) is 19.6 Å². The van der Waals surface area contributed by atoms with E-state index in [2.05, 4.69) is 36.9 Å². The summed E-state index contributed by atoms with van der Waals surface area (Å²) in [5.74, 6) is -10.5. The van der Waals surface area contributed by atoms with E-state index in [4.69, 9.17) is 22.9 Å². The van der Waals surface area contributed by atoms with Crippen LogP contribution >= 0.6 is 0 Å². The lowest BCUT2D eigenvalue weighted by atomic mass is 10.0. The molecule has 65 heavy (non-hydrogen) atoms. The summed E-state index contributed by atoms with van der Waals surface area (Å²) in [4.78, 5) is 135. The van der Waals surface area contributed by atoms with Crippen molar-refractivity contribution in [2.24, 2.45) is 33.8 Å². The number of rotatable bonds is 25. The van der Waals surface area contributed by atoms with Gasteiger partial charge in [-0.1, -0.05) is 13.8 Å². The fraction of sp³-hybridized carbons (Fsp3) is 0.711. The van der Waals surface area contributed by atoms with Crippen molar-refractivity contribution < 1.29 is 68.4 Å². The highest BCUT2D eigenvalue weighted by Gasteiger charge is 2.42. The van der Waals surface area contributed by atoms with E-state index in [0.717, 1.165) is 11.8 Å². The summed E-state index contributed by atoms with van der Waals surface area (Å²) >= 11 is 0. The molecule has 0 aromatic heterocycles. The quantitative estimate of drug-likeness (QED) is 0.0230. The van der Waals surface area contributed by atoms with Crippen molar-refractivity contribution >= 4 is 65.1 Å². The third-order valence-corrected chi connectivity index (χ3v) is 10.6. The lowest BCUT2D eigenvalue weighted by Crippen LogP contribution is -2.61. The number of aliphatic carboxylic acids is 1. The Bertz CT molecular complexity index is 1780. The number of nitrogens with one attached hydrogen (secondary N) is 6. The summed E-state index contributed by atoms with van der Waals surface area (Å²) in [6.07, 6.45) is -2.25. The minimum Gasteiger partial charge on any atom is -0.480 e. The molecule has 27 nitrogen and oxygen atoms in total. The van der Waals surface area contributed by atoms with Gasteiger partial charge in [0.1, 0.15) is 42.3 Å². The van der Waals surface area contributed by atoms with E-state index in [-0.39, 0.29) is 44.9 Å². The monoisotopic (exact) mass is 927 g/mol. The molecule has 0 aromatic rings. The highest BCUT2D eigenvalue weighted by Crippen LogP contribution is 2.21. The Morgan fingerprint density at radius 3 is 1.71 bits per heavy atom. The first-order valence-corrected chi connectivity index (χ1v) is 21.1. The Labute approximate surface area is 374 Å². The van der Waals surface area contributed by atoms with Crippen LogP contribution in [0.25, 0.3) is 0 Å². The zero-order valence-electron chi connectivity index (χ0n) is 36.9. The Hall–Kier alpha value is -6.19. The van der Waals surface area contributed by atoms with Crippen LogP contribution in [0.2, 0.25) is 0 Å². The van der Waals surface area contributed by atoms with Crippen LogP contribution in [0.1, 0.15) is 72.6 Å². The number of carboxylic acids is 1. The third kappa shape index (κ3) is 16.7. The van der Waals surface area contributed by atoms with Gasteiger partial charge < -0.3 is 85.1 Å². The van der Waals surface area contributed by atoms with Gasteiger partial charge >= 0.3 is 5.97 Å². The Morgan fingerprint density at radius 1 is 0.692 bits per heavy atom. The zero-order valence-corrected chi connectivity index (χ0v) is 36.9. The predicted octanol–water partition coefficient (Wildman–Crippen LogP) is -7.74. The number of aliphatic hydroxyl groups excluding tert-OH is 3. The number of hydrogen-bond donors (Lipinski definition) is 14. The average molecular weight is 928 g/mol. The average Bonchev–Trinajstić information content (AvgIpc) is 3.93. The van der Waals surface area contributed by atoms with Crippen LogP contribution in [0.3, 0.4) is 0 Å². The second kappa shape index (κ2) is 25.9. The summed E-state index contributed by atoms with van der Waals surface area (Å²) in [5.41, 5.74) is 21.8. The minimum atomic E-state index is -1.80. The van der Waals surface area contributed by atoms with E-state index in [0.29, 0.717) is 19.3 Å². The molecule has 366 valence electrons. The zero-order chi connectivity index (χ0) is 49.3. The number of guanidine groups is 1. The Morgan fingerprint density at radius 2 is 1.22 bits per heavy atom. The number of aliphatic imine (C=N–C) groups is 1. The van der Waals surface area contributed by atoms with Crippen molar-refractivity contribution in [1.29, 1.82) is 0 Å². The second-order valence-electron chi connectivity index (χ2n) is 16.2. The fourth-order valence-electron chi connectivity index (χ4n) is 7.07. The number of nitrogens with two attached hydrogens (primary N) is 4. The van der Waals surface area contributed by atoms with E-state index in [9.17, 15) is 68.4 Å². The Kier molecular flexibility index (Phi) is 21.9. The number of primary amides is 1. The molecule has 2 fully saturated rings. The van der Waals surface area contributed by atoms with Gasteiger partial charge in [-0.15, -0.1) is 0 Å². The summed E-state index contributed by atoms with van der Waals surface area (Å²) in [6.45, 7) is 4.09. The molecule has 2 aliphatic rings. The number of amides is 9. The molecule has 2 aliphatic heterocycles. The van der Waals surface area contributed by atoms with Gasteiger partial charge in [0.25, 0.3) is 0 Å². The molecular weight excluding hydrogens is 862 g/mol. The van der Waals surface area contributed by atoms with E-state index >= 15 is 0 Å². The highest BCUT2D eigenvalue weighted by molar-refractivity contribution is 5.99. The van der Waals surface area contributed by atoms with E-state index in [1.807, 2.05) is 0 Å². The molecule has 10 atom stereocenters. The van der Waals surface area contributed by atoms with Gasteiger partial charge in [-0.2, -0.15) is 0 Å². The van der Waals surface area contributed by atoms with Gasteiger partial charge in [0.2, 0.25) is 53.2 Å². The van der Waals surface area contributed by atoms with Crippen molar-refractivity contribution in [3.8, 4) is 0 Å². The summed E-state index contributed by atoms with van der Waals surface area (Å²) in [7, 11) is 0. The topological polar surface area (TPSA) is 447 Å². The molecule has 9 amide bonds. The smallest absolute Gasteiger partial charge is 0.326 e. The molecule has 18 N–H and O–H groups in total. The molecule has 0 radical (unpaired) electrons. The lowest BCUT2D eigenvalue weighted by Gasteiger charge is -2.31. The molecule has 0 spiro atoms. The standard InChI is InChI=1S/C38H65N13O14/c1-17(2)27(47-33(60)23-9-6-12-50(23)35(62)28(18(3)53)48-30(57)20(39)8-5-11-43-38(41)42)34(61)44-15-26(56)45-22(16-52)32(59)46-21(14-25(40)55)31(58)49-29(19(4)54)36(63)51-13-7-10-24(51)37(64)65/h17-24,27-29,52-54H,5-16,39H2,1-4H3,(H2,40,55)(H,44,61)(H,45,56)(H,46,59)(H,47,60)(H,48,57)(H,49,58)(H,64,65)(H4,41,42,43)/t18-,19-,20+,21+,22+,23+,24+,27+,28+,29+/m1/s1. The molecular formula is C38H65N13O14. The van der Waals surface area contributed by atoms with E-state index in [1.54, 1.807) is 13.8 Å². The van der Waals surface area contributed by atoms with Crippen LogP contribution in [0.5, 0.6) is 0 Å². The normalized spacial score (nSPS) is 19.5. The van der Waals surface area contributed by atoms with Gasteiger partial charge in [-0.3, -0.25) is 48.1 Å². The van der Waals surface area contributed by atoms with E-state index < -0.39 is 145 Å². The van der Waals surface area contributed by atoms with Crippen LogP contribution < -0.4 is 54.8 Å². The minimum absolute atomic E-state index is 0.0287. The summed E-state index contributed by atoms with van der Waals surface area (Å²) in [6, 6.07) is -11.4. The van der Waals surface area contributed by atoms with Crippen molar-refractivity contribution in [3.63, 3.8) is 0 Å². The molecule has 0 bridgehead atoms. The SMILES string of the molecule is CC(C)[C@H](NC(=O)[C@@H]1CCCN1C(=O)[C@@H](NC(=O)[C@@H](N)CCCN=C(N)N)[C@@H](C)O)C(=O)NCC(=O)N[C@@H](CO)C(=O)N[C@@H](CC(N)=O)C(=O)N[C@H](C(=O)N1CCC[C@H]1C(=O)O)[C@@H](C)O. The van der Waals surface area contributed by atoms with Gasteiger partial charge in [0.05, 0.1) is 37.8 Å². The first kappa shape index (κ1) is 54.9. The molecule has 27 heteroatoms. The molecule has 2 rings (SSSR count). The van der Waals surface area contributed by atoms with Crippen LogP contribution in [0.15, 0.2) is 4.99 Å². The molecule has 2 heterocycles. The molecule has 2 saturated heterocycles. The van der Waals surface area contributed by atoms with Crippen molar-refractivity contribution in [2.75, 3.05) is 32.8 Å². The van der Waals surface area contributed by atoms with Gasteiger partial charge in [-0.25, -0.2) is 4.79 Å². The predicted molar refractivity (Wildman–Crippen MR) is 227 cm³/mol. The maximum absolute atomic E-state index is 13.6. The number of aliphatic hydroxyl groups is 3. The molecule has 0 saturated carbocycles. The first-order chi connectivity index (χ1) is 30.4. The largest absolute Gasteiger partial charge is 0.480 e. The number of likely N-dealkylation sites (tertiary alicyclic amines) is 2. The van der Waals surface area contributed by atoms with Crippen LogP contribution in [0, 0.1) is 5.92 Å². The van der Waals surface area contributed by atoms with Crippen molar-refractivity contribution in [1.82, 2.24) is 41.7 Å². The van der Waals surface area contributed by atoms with Gasteiger partial charge in [-0.05, 0) is 58.3 Å². The molecule has 0 unspecified atom stereocenters. The third-order valence-electron chi connectivity index (χ3n) is 10.6. The van der Waals surface area contributed by atoms with Crippen LogP contribution in [-0.4, -0.2) is 189 Å². The van der Waals surface area contributed by atoms with Crippen LogP contribution in [0.4, 0.5) is 0 Å². The number of carboxylic acid groups (broad SMARTS) is 1. The number of hydrogen-bond acceptors (Lipinski definition) is 15. The fourth-order valence-corrected chi connectivity index (χ4v) is 7.07. The van der Waals surface area contributed by atoms with E-state index in [1.165, 1.54) is 11.8 Å². The highest BCUT2D eigenvalue weighted by atomic mass is 16.4. The van der Waals surface area contributed by atoms with Gasteiger partial charge in [0.15, 0.2) is 5.96 Å². The van der Waals surface area contributed by atoms with Crippen molar-refractivity contribution in [3.05, 3.63) is 0 Å². The molecule has 0 aliphatic carbocycles. The second-order valence-corrected chi connectivity index (χ2v) is 16.2. The summed E-state index contributed by atoms with van der Waals surface area (Å²) in [5, 5.41) is 54.0. The number of nitrogens with zero attached hydrogens (tertiary/aromatic N) is 3. The van der Waals surface area contributed by atoms with Crippen molar-refractivity contribution in [2.45, 2.75) is 133 Å². The summed E-state index contributed by atoms with van der Waals surface area (Å²) < 4.78 is 0. The lowest BCUT2D eigenvalue weighted by molar-refractivity contribution is -0.151. The number of carbonyl (C=O) groups is 10. The first-order valence-electron chi connectivity index (χ1n) is 21.1. The van der Waals surface area contributed by atoms with Crippen LogP contribution in [-0.2, 0) is 47.9 Å².